The number of hydrogen-bond donors (Lipinski definition) is 0. The van der Waals surface area contributed by atoms with E-state index in [1.165, 1.54) is 18.3 Å². The third kappa shape index (κ3) is 5.63. The van der Waals surface area contributed by atoms with E-state index in [4.69, 9.17) is 13.9 Å². The molecule has 156 valence electrons. The zero-order valence-electron chi connectivity index (χ0n) is 16.8. The van der Waals surface area contributed by atoms with Gasteiger partial charge in [0.15, 0.2) is 17.8 Å². The van der Waals surface area contributed by atoms with Gasteiger partial charge < -0.3 is 18.8 Å². The van der Waals surface area contributed by atoms with Crippen molar-refractivity contribution in [3.05, 3.63) is 42.2 Å². The molecule has 2 heterocycles. The number of morpholine rings is 1. The summed E-state index contributed by atoms with van der Waals surface area (Å²) in [5.41, 5.74) is 0.695. The van der Waals surface area contributed by atoms with Crippen LogP contribution in [0.3, 0.4) is 0 Å². The third-order valence-electron chi connectivity index (χ3n) is 4.61. The summed E-state index contributed by atoms with van der Waals surface area (Å²) >= 11 is 0. The molecular formula is C21H25FN2O5. The van der Waals surface area contributed by atoms with Crippen LogP contribution in [0.4, 0.5) is 4.39 Å². The van der Waals surface area contributed by atoms with Crippen molar-refractivity contribution in [1.82, 2.24) is 9.88 Å². The highest BCUT2D eigenvalue weighted by Gasteiger charge is 2.30. The van der Waals surface area contributed by atoms with Crippen LogP contribution >= 0.6 is 0 Å². The molecule has 1 amide bonds. The molecule has 1 saturated heterocycles. The van der Waals surface area contributed by atoms with E-state index < -0.39 is 12.1 Å². The Labute approximate surface area is 168 Å². The number of oxazole rings is 1. The standard InChI is InChI=1S/C21H25FN2O5/c1-13-11-24(12-14(2)27-13)21(26)15(3)28-20(25)9-8-19-23-10-18(29-19)16-4-6-17(22)7-5-16/h4-7,10,13-15H,8-9,11-12H2,1-3H3. The molecule has 2 aromatic rings. The number of carbonyl (C=O) groups is 2. The van der Waals surface area contributed by atoms with E-state index in [-0.39, 0.29) is 36.8 Å². The summed E-state index contributed by atoms with van der Waals surface area (Å²) in [4.78, 5) is 30.4. The molecule has 3 rings (SSSR count). The number of nitrogens with zero attached hydrogens (tertiary/aromatic N) is 2. The number of amides is 1. The molecule has 0 bridgehead atoms. The average Bonchev–Trinajstić information content (AvgIpc) is 3.14. The number of hydrogen-bond acceptors (Lipinski definition) is 6. The third-order valence-corrected chi connectivity index (χ3v) is 4.61. The minimum absolute atomic E-state index is 0.0386. The molecule has 3 unspecified atom stereocenters. The summed E-state index contributed by atoms with van der Waals surface area (Å²) in [6, 6.07) is 5.86. The van der Waals surface area contributed by atoms with Gasteiger partial charge in [0, 0.05) is 25.1 Å². The Hall–Kier alpha value is -2.74. The Bertz CT molecular complexity index is 841. The van der Waals surface area contributed by atoms with Crippen LogP contribution in [0.15, 0.2) is 34.9 Å². The predicted molar refractivity (Wildman–Crippen MR) is 102 cm³/mol. The van der Waals surface area contributed by atoms with Crippen molar-refractivity contribution < 1.29 is 27.9 Å². The van der Waals surface area contributed by atoms with Gasteiger partial charge in [0.1, 0.15) is 5.82 Å². The molecule has 7 nitrogen and oxygen atoms in total. The lowest BCUT2D eigenvalue weighted by Gasteiger charge is -2.36. The Morgan fingerprint density at radius 1 is 1.24 bits per heavy atom. The molecule has 29 heavy (non-hydrogen) atoms. The fraction of sp³-hybridized carbons (Fsp3) is 0.476. The quantitative estimate of drug-likeness (QED) is 0.689. The summed E-state index contributed by atoms with van der Waals surface area (Å²) in [5.74, 6) is -0.193. The number of esters is 1. The molecule has 0 N–H and O–H groups in total. The van der Waals surface area contributed by atoms with E-state index in [1.807, 2.05) is 13.8 Å². The second kappa shape index (κ2) is 9.17. The van der Waals surface area contributed by atoms with Gasteiger partial charge in [-0.15, -0.1) is 0 Å². The van der Waals surface area contributed by atoms with E-state index in [0.717, 1.165) is 0 Å². The SMILES string of the molecule is CC1CN(C(=O)C(C)OC(=O)CCc2ncc(-c3ccc(F)cc3)o2)CC(C)O1. The number of ether oxygens (including phenoxy) is 2. The molecule has 1 fully saturated rings. The first kappa shape index (κ1) is 21.0. The monoisotopic (exact) mass is 404 g/mol. The smallest absolute Gasteiger partial charge is 0.307 e. The minimum Gasteiger partial charge on any atom is -0.453 e. The van der Waals surface area contributed by atoms with Crippen molar-refractivity contribution >= 4 is 11.9 Å². The van der Waals surface area contributed by atoms with Crippen molar-refractivity contribution in [3.63, 3.8) is 0 Å². The summed E-state index contributed by atoms with van der Waals surface area (Å²) in [6.45, 7) is 6.34. The highest BCUT2D eigenvalue weighted by molar-refractivity contribution is 5.83. The molecule has 3 atom stereocenters. The average molecular weight is 404 g/mol. The molecule has 8 heteroatoms. The lowest BCUT2D eigenvalue weighted by Crippen LogP contribution is -2.51. The van der Waals surface area contributed by atoms with Crippen LogP contribution in [0.5, 0.6) is 0 Å². The van der Waals surface area contributed by atoms with Gasteiger partial charge in [-0.1, -0.05) is 0 Å². The van der Waals surface area contributed by atoms with Crippen molar-refractivity contribution in [3.8, 4) is 11.3 Å². The molecule has 0 saturated carbocycles. The zero-order chi connectivity index (χ0) is 21.0. The Balaban J connectivity index is 1.48. The van der Waals surface area contributed by atoms with Gasteiger partial charge in [-0.05, 0) is 45.0 Å². The van der Waals surface area contributed by atoms with Crippen LogP contribution in [0, 0.1) is 5.82 Å². The van der Waals surface area contributed by atoms with Gasteiger partial charge in [0.2, 0.25) is 0 Å². The Kier molecular flexibility index (Phi) is 6.64. The summed E-state index contributed by atoms with van der Waals surface area (Å²) < 4.78 is 29.5. The lowest BCUT2D eigenvalue weighted by atomic mass is 10.2. The molecule has 0 spiro atoms. The highest BCUT2D eigenvalue weighted by atomic mass is 19.1. The topological polar surface area (TPSA) is 81.9 Å². The van der Waals surface area contributed by atoms with Crippen LogP contribution in [-0.4, -0.2) is 53.2 Å². The van der Waals surface area contributed by atoms with Crippen LogP contribution in [0.25, 0.3) is 11.3 Å². The summed E-state index contributed by atoms with van der Waals surface area (Å²) in [5, 5.41) is 0. The van der Waals surface area contributed by atoms with Crippen LogP contribution in [-0.2, 0) is 25.5 Å². The van der Waals surface area contributed by atoms with Crippen LogP contribution < -0.4 is 0 Å². The van der Waals surface area contributed by atoms with E-state index in [2.05, 4.69) is 4.98 Å². The second-order valence-corrected chi connectivity index (χ2v) is 7.26. The predicted octanol–water partition coefficient (Wildman–Crippen LogP) is 2.98. The normalized spacial score (nSPS) is 20.3. The van der Waals surface area contributed by atoms with Crippen molar-refractivity contribution in [2.24, 2.45) is 0 Å². The maximum absolute atomic E-state index is 13.0. The van der Waals surface area contributed by atoms with Crippen molar-refractivity contribution in [2.45, 2.75) is 51.9 Å². The maximum Gasteiger partial charge on any atom is 0.307 e. The van der Waals surface area contributed by atoms with Gasteiger partial charge >= 0.3 is 5.97 Å². The number of halogens is 1. The van der Waals surface area contributed by atoms with E-state index in [9.17, 15) is 14.0 Å². The highest BCUT2D eigenvalue weighted by Crippen LogP contribution is 2.21. The van der Waals surface area contributed by atoms with Crippen LogP contribution in [0.2, 0.25) is 0 Å². The van der Waals surface area contributed by atoms with E-state index in [1.54, 1.807) is 24.0 Å². The van der Waals surface area contributed by atoms with Gasteiger partial charge in [0.25, 0.3) is 5.91 Å². The first-order chi connectivity index (χ1) is 13.8. The molecule has 0 aliphatic carbocycles. The molecule has 1 aromatic heterocycles. The van der Waals surface area contributed by atoms with Gasteiger partial charge in [-0.2, -0.15) is 0 Å². The van der Waals surface area contributed by atoms with Gasteiger partial charge in [-0.25, -0.2) is 9.37 Å². The largest absolute Gasteiger partial charge is 0.453 e. The van der Waals surface area contributed by atoms with Crippen molar-refractivity contribution in [1.29, 1.82) is 0 Å². The van der Waals surface area contributed by atoms with Gasteiger partial charge in [-0.3, -0.25) is 9.59 Å². The molecule has 1 aromatic carbocycles. The maximum atomic E-state index is 13.0. The number of aromatic nitrogens is 1. The molecular weight excluding hydrogens is 379 g/mol. The van der Waals surface area contributed by atoms with Crippen LogP contribution in [0.1, 0.15) is 33.1 Å². The first-order valence-corrected chi connectivity index (χ1v) is 9.66. The minimum atomic E-state index is -0.862. The number of carbonyl (C=O) groups excluding carboxylic acids is 2. The first-order valence-electron chi connectivity index (χ1n) is 9.66. The fourth-order valence-electron chi connectivity index (χ4n) is 3.30. The van der Waals surface area contributed by atoms with E-state index >= 15 is 0 Å². The summed E-state index contributed by atoms with van der Waals surface area (Å²) in [6.07, 6.45) is 0.848. The molecule has 0 radical (unpaired) electrons. The van der Waals surface area contributed by atoms with E-state index in [0.29, 0.717) is 30.3 Å². The summed E-state index contributed by atoms with van der Waals surface area (Å²) in [7, 11) is 0. The Morgan fingerprint density at radius 2 is 1.90 bits per heavy atom. The molecule has 1 aliphatic heterocycles. The number of aryl methyl sites for hydroxylation is 1. The van der Waals surface area contributed by atoms with Crippen molar-refractivity contribution in [2.75, 3.05) is 13.1 Å². The number of benzene rings is 1. The Morgan fingerprint density at radius 3 is 2.55 bits per heavy atom. The zero-order valence-corrected chi connectivity index (χ0v) is 16.8. The number of rotatable bonds is 6. The van der Waals surface area contributed by atoms with Gasteiger partial charge in [0.05, 0.1) is 24.8 Å². The molecule has 1 aliphatic rings. The fourth-order valence-corrected chi connectivity index (χ4v) is 3.30. The lowest BCUT2D eigenvalue weighted by molar-refractivity contribution is -0.164. The second-order valence-electron chi connectivity index (χ2n) is 7.26.